The highest BCUT2D eigenvalue weighted by Gasteiger charge is 2.09. The van der Waals surface area contributed by atoms with Gasteiger partial charge < -0.3 is 5.84 Å². The fraction of sp³-hybridized carbons (Fsp3) is 0.0714. The summed E-state index contributed by atoms with van der Waals surface area (Å²) in [6, 6.07) is 12.5. The molecule has 0 saturated heterocycles. The van der Waals surface area contributed by atoms with Gasteiger partial charge in [0.2, 0.25) is 0 Å². The predicted molar refractivity (Wildman–Crippen MR) is 75.1 cm³/mol. The molecule has 0 atom stereocenters. The van der Waals surface area contributed by atoms with Crippen LogP contribution in [-0.2, 0) is 0 Å². The van der Waals surface area contributed by atoms with E-state index < -0.39 is 4.92 Å². The Kier molecular flexibility index (Phi) is 3.56. The molecule has 5 heteroatoms. The molecule has 0 aromatic heterocycles. The maximum absolute atomic E-state index is 10.7. The van der Waals surface area contributed by atoms with Crippen LogP contribution in [0, 0.1) is 17.0 Å². The van der Waals surface area contributed by atoms with E-state index in [1.165, 1.54) is 6.07 Å². The summed E-state index contributed by atoms with van der Waals surface area (Å²) in [5.74, 6) is 5.08. The Morgan fingerprint density at radius 3 is 2.42 bits per heavy atom. The Balaban J connectivity index is 2.39. The van der Waals surface area contributed by atoms with Gasteiger partial charge in [0.15, 0.2) is 0 Å². The van der Waals surface area contributed by atoms with Gasteiger partial charge in [0.05, 0.1) is 11.1 Å². The van der Waals surface area contributed by atoms with Crippen LogP contribution in [-0.4, -0.2) is 11.1 Å². The van der Waals surface area contributed by atoms with Gasteiger partial charge in [0.1, 0.15) is 0 Å². The minimum Gasteiger partial charge on any atom is -0.323 e. The van der Waals surface area contributed by atoms with Gasteiger partial charge >= 0.3 is 0 Å². The molecule has 0 saturated carbocycles. The zero-order chi connectivity index (χ0) is 13.8. The van der Waals surface area contributed by atoms with E-state index in [0.29, 0.717) is 0 Å². The summed E-state index contributed by atoms with van der Waals surface area (Å²) >= 11 is 0. The van der Waals surface area contributed by atoms with E-state index in [0.717, 1.165) is 22.3 Å². The van der Waals surface area contributed by atoms with Gasteiger partial charge in [0.25, 0.3) is 5.69 Å². The molecule has 0 aliphatic rings. The maximum Gasteiger partial charge on any atom is 0.269 e. The van der Waals surface area contributed by atoms with Gasteiger partial charge in [-0.25, -0.2) is 0 Å². The number of nitro benzene ring substituents is 1. The van der Waals surface area contributed by atoms with Crippen LogP contribution >= 0.6 is 0 Å². The Morgan fingerprint density at radius 2 is 1.89 bits per heavy atom. The van der Waals surface area contributed by atoms with Crippen LogP contribution in [0.15, 0.2) is 47.6 Å². The summed E-state index contributed by atoms with van der Waals surface area (Å²) in [5, 5.41) is 14.2. The van der Waals surface area contributed by atoms with Crippen molar-refractivity contribution in [3.8, 4) is 11.1 Å². The summed E-state index contributed by atoms with van der Waals surface area (Å²) in [4.78, 5) is 10.3. The molecule has 0 fully saturated rings. The van der Waals surface area contributed by atoms with Crippen LogP contribution in [0.5, 0.6) is 0 Å². The first-order chi connectivity index (χ1) is 9.11. The normalized spacial score (nSPS) is 10.8. The molecular formula is C14H13N3O2. The van der Waals surface area contributed by atoms with E-state index in [2.05, 4.69) is 5.10 Å². The van der Waals surface area contributed by atoms with Crippen molar-refractivity contribution in [3.05, 3.63) is 63.7 Å². The highest BCUT2D eigenvalue weighted by atomic mass is 16.6. The smallest absolute Gasteiger partial charge is 0.269 e. The topological polar surface area (TPSA) is 81.5 Å². The second-order valence-electron chi connectivity index (χ2n) is 4.16. The first kappa shape index (κ1) is 12.8. The lowest BCUT2D eigenvalue weighted by Crippen LogP contribution is -1.91. The SMILES string of the molecule is Cc1cc([N+](=O)[O-])ccc1-c1ccc(C=NN)cc1. The largest absolute Gasteiger partial charge is 0.323 e. The van der Waals surface area contributed by atoms with Gasteiger partial charge in [-0.2, -0.15) is 5.10 Å². The average Bonchev–Trinajstić information content (AvgIpc) is 2.40. The summed E-state index contributed by atoms with van der Waals surface area (Å²) in [7, 11) is 0. The summed E-state index contributed by atoms with van der Waals surface area (Å²) < 4.78 is 0. The van der Waals surface area contributed by atoms with E-state index >= 15 is 0 Å². The predicted octanol–water partition coefficient (Wildman–Crippen LogP) is 2.86. The number of hydrogen-bond acceptors (Lipinski definition) is 4. The summed E-state index contributed by atoms with van der Waals surface area (Å²) in [5.41, 5.74) is 3.86. The molecule has 0 aliphatic carbocycles. The van der Waals surface area contributed by atoms with Crippen LogP contribution in [0.4, 0.5) is 5.69 Å². The highest BCUT2D eigenvalue weighted by Crippen LogP contribution is 2.26. The van der Waals surface area contributed by atoms with E-state index in [9.17, 15) is 10.1 Å². The zero-order valence-electron chi connectivity index (χ0n) is 10.4. The Bertz CT molecular complexity index is 634. The third kappa shape index (κ3) is 2.77. The van der Waals surface area contributed by atoms with Crippen LogP contribution in [0.25, 0.3) is 11.1 Å². The van der Waals surface area contributed by atoms with Crippen molar-refractivity contribution in [2.45, 2.75) is 6.92 Å². The molecule has 96 valence electrons. The zero-order valence-corrected chi connectivity index (χ0v) is 10.4. The van der Waals surface area contributed by atoms with Crippen LogP contribution < -0.4 is 5.84 Å². The van der Waals surface area contributed by atoms with Crippen LogP contribution in [0.3, 0.4) is 0 Å². The fourth-order valence-corrected chi connectivity index (χ4v) is 1.92. The molecule has 0 unspecified atom stereocenters. The second-order valence-corrected chi connectivity index (χ2v) is 4.16. The molecule has 5 nitrogen and oxygen atoms in total. The van der Waals surface area contributed by atoms with E-state index in [1.807, 2.05) is 31.2 Å². The molecule has 0 heterocycles. The summed E-state index contributed by atoms with van der Waals surface area (Å²) in [6.07, 6.45) is 1.56. The molecule has 19 heavy (non-hydrogen) atoms. The Morgan fingerprint density at radius 1 is 1.21 bits per heavy atom. The highest BCUT2D eigenvalue weighted by molar-refractivity contribution is 5.81. The monoisotopic (exact) mass is 255 g/mol. The average molecular weight is 255 g/mol. The fourth-order valence-electron chi connectivity index (χ4n) is 1.92. The van der Waals surface area contributed by atoms with Crippen molar-refractivity contribution in [2.24, 2.45) is 10.9 Å². The lowest BCUT2D eigenvalue weighted by atomic mass is 9.99. The number of nitrogens with two attached hydrogens (primary N) is 1. The third-order valence-corrected chi connectivity index (χ3v) is 2.87. The first-order valence-electron chi connectivity index (χ1n) is 5.70. The molecule has 2 aromatic carbocycles. The van der Waals surface area contributed by atoms with E-state index in [1.54, 1.807) is 18.3 Å². The number of non-ortho nitro benzene ring substituents is 1. The molecule has 2 aromatic rings. The minimum atomic E-state index is -0.391. The van der Waals surface area contributed by atoms with Gasteiger partial charge in [-0.05, 0) is 35.2 Å². The van der Waals surface area contributed by atoms with Crippen molar-refractivity contribution < 1.29 is 4.92 Å². The van der Waals surface area contributed by atoms with Crippen molar-refractivity contribution in [2.75, 3.05) is 0 Å². The quantitative estimate of drug-likeness (QED) is 0.396. The third-order valence-electron chi connectivity index (χ3n) is 2.87. The molecule has 0 bridgehead atoms. The first-order valence-corrected chi connectivity index (χ1v) is 5.70. The number of benzene rings is 2. The van der Waals surface area contributed by atoms with Crippen LogP contribution in [0.1, 0.15) is 11.1 Å². The van der Waals surface area contributed by atoms with Crippen molar-refractivity contribution in [1.29, 1.82) is 0 Å². The van der Waals surface area contributed by atoms with Crippen molar-refractivity contribution >= 4 is 11.9 Å². The molecule has 0 amide bonds. The van der Waals surface area contributed by atoms with Gasteiger partial charge in [-0.15, -0.1) is 0 Å². The molecule has 0 aliphatic heterocycles. The van der Waals surface area contributed by atoms with E-state index in [4.69, 9.17) is 5.84 Å². The van der Waals surface area contributed by atoms with Crippen molar-refractivity contribution in [1.82, 2.24) is 0 Å². The molecule has 2 rings (SSSR count). The molecule has 0 spiro atoms. The molecular weight excluding hydrogens is 242 g/mol. The number of rotatable bonds is 3. The van der Waals surface area contributed by atoms with Gasteiger partial charge in [-0.3, -0.25) is 10.1 Å². The number of nitrogens with zero attached hydrogens (tertiary/aromatic N) is 2. The number of hydrogen-bond donors (Lipinski definition) is 1. The number of nitro groups is 1. The molecule has 2 N–H and O–H groups in total. The Labute approximate surface area is 110 Å². The number of hydrazone groups is 1. The maximum atomic E-state index is 10.7. The number of aryl methyl sites for hydroxylation is 1. The van der Waals surface area contributed by atoms with Crippen molar-refractivity contribution in [3.63, 3.8) is 0 Å². The standard InChI is InChI=1S/C14H13N3O2/c1-10-8-13(17(18)19)6-7-14(10)12-4-2-11(3-5-12)9-16-15/h2-9H,15H2,1H3. The minimum absolute atomic E-state index is 0.105. The second kappa shape index (κ2) is 5.30. The lowest BCUT2D eigenvalue weighted by Gasteiger charge is -2.06. The van der Waals surface area contributed by atoms with E-state index in [-0.39, 0.29) is 5.69 Å². The summed E-state index contributed by atoms with van der Waals surface area (Å²) in [6.45, 7) is 1.86. The Hall–Kier alpha value is -2.69. The van der Waals surface area contributed by atoms with Gasteiger partial charge in [-0.1, -0.05) is 24.3 Å². The van der Waals surface area contributed by atoms with Gasteiger partial charge in [0, 0.05) is 12.1 Å². The van der Waals surface area contributed by atoms with Crippen LogP contribution in [0.2, 0.25) is 0 Å². The molecule has 0 radical (unpaired) electrons. The lowest BCUT2D eigenvalue weighted by molar-refractivity contribution is -0.384.